The number of aromatic nitrogens is 1. The second kappa shape index (κ2) is 10.7. The van der Waals surface area contributed by atoms with Gasteiger partial charge in [-0.1, -0.05) is 18.2 Å². The van der Waals surface area contributed by atoms with E-state index in [2.05, 4.69) is 37.9 Å². The molecule has 2 saturated heterocycles. The smallest absolute Gasteiger partial charge is 0.128 e. The summed E-state index contributed by atoms with van der Waals surface area (Å²) in [7, 11) is 0. The fraction of sp³-hybridized carbons (Fsp3) is 0.522. The lowest BCUT2D eigenvalue weighted by Crippen LogP contribution is -2.46. The van der Waals surface area contributed by atoms with E-state index < -0.39 is 6.10 Å². The van der Waals surface area contributed by atoms with E-state index in [1.165, 1.54) is 5.56 Å². The highest BCUT2D eigenvalue weighted by Gasteiger charge is 2.18. The lowest BCUT2D eigenvalue weighted by Gasteiger charge is -2.35. The molecule has 2 aliphatic rings. The molecule has 0 unspecified atom stereocenters. The van der Waals surface area contributed by atoms with Crippen molar-refractivity contribution < 1.29 is 14.6 Å². The molecular weight excluding hydrogens is 380 g/mol. The van der Waals surface area contributed by atoms with Gasteiger partial charge in [0.1, 0.15) is 24.3 Å². The van der Waals surface area contributed by atoms with Crippen molar-refractivity contribution in [1.82, 2.24) is 14.8 Å². The Labute approximate surface area is 178 Å². The van der Waals surface area contributed by atoms with E-state index >= 15 is 0 Å². The second-order valence-electron chi connectivity index (χ2n) is 7.98. The van der Waals surface area contributed by atoms with Crippen molar-refractivity contribution in [3.05, 3.63) is 54.2 Å². The summed E-state index contributed by atoms with van der Waals surface area (Å²) < 4.78 is 11.2. The third kappa shape index (κ3) is 6.15. The Bertz CT molecular complexity index is 762. The zero-order valence-corrected chi connectivity index (χ0v) is 17.5. The number of hydrogen-bond donors (Lipinski definition) is 1. The van der Waals surface area contributed by atoms with Crippen LogP contribution in [-0.2, 0) is 11.3 Å². The summed E-state index contributed by atoms with van der Waals surface area (Å²) in [6.07, 6.45) is 1.36. The van der Waals surface area contributed by atoms with Gasteiger partial charge in [-0.05, 0) is 29.8 Å². The number of rotatable bonds is 8. The number of nitrogens with zero attached hydrogens (tertiary/aromatic N) is 4. The van der Waals surface area contributed by atoms with Gasteiger partial charge in [0.2, 0.25) is 0 Å². The molecule has 2 aromatic rings. The van der Waals surface area contributed by atoms with Crippen LogP contribution in [0.5, 0.6) is 5.75 Å². The molecule has 0 saturated carbocycles. The van der Waals surface area contributed by atoms with Crippen molar-refractivity contribution in [3.63, 3.8) is 0 Å². The second-order valence-corrected chi connectivity index (χ2v) is 7.98. The van der Waals surface area contributed by atoms with Gasteiger partial charge in [-0.15, -0.1) is 0 Å². The summed E-state index contributed by atoms with van der Waals surface area (Å²) in [5.74, 6) is 1.88. The Morgan fingerprint density at radius 1 is 0.967 bits per heavy atom. The molecule has 0 bridgehead atoms. The highest BCUT2D eigenvalue weighted by atomic mass is 16.5. The van der Waals surface area contributed by atoms with Gasteiger partial charge in [-0.3, -0.25) is 9.80 Å². The molecule has 4 rings (SSSR count). The molecule has 0 amide bonds. The number of morpholine rings is 1. The van der Waals surface area contributed by atoms with Gasteiger partial charge in [0.25, 0.3) is 0 Å². The van der Waals surface area contributed by atoms with Gasteiger partial charge in [0.05, 0.1) is 13.2 Å². The fourth-order valence-electron chi connectivity index (χ4n) is 3.99. The molecule has 30 heavy (non-hydrogen) atoms. The van der Waals surface area contributed by atoms with Gasteiger partial charge >= 0.3 is 0 Å². The predicted molar refractivity (Wildman–Crippen MR) is 117 cm³/mol. The van der Waals surface area contributed by atoms with Gasteiger partial charge in [0, 0.05) is 58.6 Å². The molecule has 1 aromatic carbocycles. The normalized spacial score (nSPS) is 19.6. The first-order valence-electron chi connectivity index (χ1n) is 10.8. The Balaban J connectivity index is 1.22. The summed E-state index contributed by atoms with van der Waals surface area (Å²) in [6.45, 7) is 9.08. The molecular formula is C23H32N4O3. The zero-order chi connectivity index (χ0) is 20.6. The van der Waals surface area contributed by atoms with Gasteiger partial charge < -0.3 is 19.5 Å². The van der Waals surface area contributed by atoms with Crippen LogP contribution < -0.4 is 9.64 Å². The van der Waals surface area contributed by atoms with Crippen LogP contribution >= 0.6 is 0 Å². The van der Waals surface area contributed by atoms with Crippen molar-refractivity contribution in [1.29, 1.82) is 0 Å². The van der Waals surface area contributed by atoms with Crippen LogP contribution in [0.15, 0.2) is 48.7 Å². The number of piperazine rings is 1. The molecule has 2 aliphatic heterocycles. The Morgan fingerprint density at radius 3 is 2.57 bits per heavy atom. The van der Waals surface area contributed by atoms with Gasteiger partial charge in [-0.25, -0.2) is 4.98 Å². The van der Waals surface area contributed by atoms with Crippen molar-refractivity contribution in [2.75, 3.05) is 70.5 Å². The summed E-state index contributed by atoms with van der Waals surface area (Å²) in [5, 5.41) is 10.3. The third-order valence-corrected chi connectivity index (χ3v) is 5.67. The Hall–Kier alpha value is -2.19. The van der Waals surface area contributed by atoms with E-state index in [1.807, 2.05) is 30.5 Å². The monoisotopic (exact) mass is 412 g/mol. The zero-order valence-electron chi connectivity index (χ0n) is 17.5. The van der Waals surface area contributed by atoms with Crippen molar-refractivity contribution in [2.45, 2.75) is 12.6 Å². The number of benzene rings is 1. The molecule has 0 aliphatic carbocycles. The number of hydrogen-bond acceptors (Lipinski definition) is 7. The van der Waals surface area contributed by atoms with Crippen LogP contribution in [0.4, 0.5) is 5.82 Å². The standard InChI is InChI=1S/C23H32N4O3/c28-21(18-26-12-14-29-15-13-26)19-30-22-5-3-4-20(16-22)17-25-8-10-27(11-9-25)23-6-1-2-7-24-23/h1-7,16,21,28H,8-15,17-19H2/t21-/m1/s1. The van der Waals surface area contributed by atoms with Crippen LogP contribution in [0.25, 0.3) is 0 Å². The molecule has 1 N–H and O–H groups in total. The fourth-order valence-corrected chi connectivity index (χ4v) is 3.99. The first-order valence-corrected chi connectivity index (χ1v) is 10.8. The molecule has 1 aromatic heterocycles. The van der Waals surface area contributed by atoms with Crippen LogP contribution in [-0.4, -0.2) is 91.6 Å². The number of pyridine rings is 1. The van der Waals surface area contributed by atoms with E-state index in [1.54, 1.807) is 0 Å². The van der Waals surface area contributed by atoms with Crippen LogP contribution in [0.3, 0.4) is 0 Å². The van der Waals surface area contributed by atoms with Crippen molar-refractivity contribution in [3.8, 4) is 5.75 Å². The minimum absolute atomic E-state index is 0.309. The summed E-state index contributed by atoms with van der Waals surface area (Å²) in [6, 6.07) is 14.3. The minimum atomic E-state index is -0.494. The first kappa shape index (κ1) is 21.1. The molecule has 0 spiro atoms. The quantitative estimate of drug-likeness (QED) is 0.705. The SMILES string of the molecule is O[C@@H](COc1cccc(CN2CCN(c3ccccn3)CC2)c1)CN1CCOCC1. The molecule has 0 radical (unpaired) electrons. The number of aliphatic hydroxyl groups is 1. The van der Waals surface area contributed by atoms with E-state index in [-0.39, 0.29) is 0 Å². The maximum Gasteiger partial charge on any atom is 0.128 e. The number of aliphatic hydroxyl groups excluding tert-OH is 1. The largest absolute Gasteiger partial charge is 0.491 e. The van der Waals surface area contributed by atoms with E-state index in [9.17, 15) is 5.11 Å². The molecule has 7 nitrogen and oxygen atoms in total. The Morgan fingerprint density at radius 2 is 1.80 bits per heavy atom. The maximum atomic E-state index is 10.3. The predicted octanol–water partition coefficient (Wildman–Crippen LogP) is 1.48. The molecule has 3 heterocycles. The van der Waals surface area contributed by atoms with E-state index in [4.69, 9.17) is 9.47 Å². The van der Waals surface area contributed by atoms with Crippen LogP contribution in [0, 0.1) is 0 Å². The highest BCUT2D eigenvalue weighted by Crippen LogP contribution is 2.18. The summed E-state index contributed by atoms with van der Waals surface area (Å²) in [4.78, 5) is 11.5. The molecule has 162 valence electrons. The topological polar surface area (TPSA) is 61.3 Å². The lowest BCUT2D eigenvalue weighted by molar-refractivity contribution is 0.00464. The average molecular weight is 413 g/mol. The summed E-state index contributed by atoms with van der Waals surface area (Å²) in [5.41, 5.74) is 1.24. The lowest BCUT2D eigenvalue weighted by atomic mass is 10.2. The average Bonchev–Trinajstić information content (AvgIpc) is 2.80. The maximum absolute atomic E-state index is 10.3. The Kier molecular flexibility index (Phi) is 7.53. The number of anilines is 1. The van der Waals surface area contributed by atoms with E-state index in [0.29, 0.717) is 13.2 Å². The van der Waals surface area contributed by atoms with Crippen molar-refractivity contribution in [2.24, 2.45) is 0 Å². The van der Waals surface area contributed by atoms with Crippen LogP contribution in [0.1, 0.15) is 5.56 Å². The summed E-state index contributed by atoms with van der Waals surface area (Å²) >= 11 is 0. The molecule has 7 heteroatoms. The van der Waals surface area contributed by atoms with Gasteiger partial charge in [-0.2, -0.15) is 0 Å². The third-order valence-electron chi connectivity index (χ3n) is 5.67. The van der Waals surface area contributed by atoms with Gasteiger partial charge in [0.15, 0.2) is 0 Å². The highest BCUT2D eigenvalue weighted by molar-refractivity contribution is 5.38. The number of ether oxygens (including phenoxy) is 2. The molecule has 2 fully saturated rings. The minimum Gasteiger partial charge on any atom is -0.491 e. The molecule has 1 atom stereocenters. The van der Waals surface area contributed by atoms with Crippen molar-refractivity contribution >= 4 is 5.82 Å². The number of β-amino-alcohol motifs (C(OH)–C–C–N with tert-alkyl or cyclic N) is 1. The first-order chi connectivity index (χ1) is 14.8. The van der Waals surface area contributed by atoms with Crippen LogP contribution in [0.2, 0.25) is 0 Å². The van der Waals surface area contributed by atoms with E-state index in [0.717, 1.165) is 70.6 Å².